The Bertz CT molecular complexity index is 848. The molecule has 2 aromatic rings. The topological polar surface area (TPSA) is 87.8 Å². The first kappa shape index (κ1) is 19.0. The fraction of sp³-hybridized carbons (Fsp3) is 0.524. The first-order valence-corrected chi connectivity index (χ1v) is 9.80. The van der Waals surface area contributed by atoms with E-state index in [0.29, 0.717) is 31.3 Å². The Morgan fingerprint density at radius 2 is 2.18 bits per heavy atom. The number of imidazole rings is 1. The third-order valence-corrected chi connectivity index (χ3v) is 6.00. The van der Waals surface area contributed by atoms with Gasteiger partial charge in [-0.1, -0.05) is 12.1 Å². The van der Waals surface area contributed by atoms with Gasteiger partial charge in [0, 0.05) is 31.5 Å². The predicted octanol–water partition coefficient (Wildman–Crippen LogP) is 2.11. The number of ether oxygens (including phenoxy) is 1. The smallest absolute Gasteiger partial charge is 0.313 e. The van der Waals surface area contributed by atoms with Gasteiger partial charge in [-0.25, -0.2) is 4.98 Å². The van der Waals surface area contributed by atoms with Crippen LogP contribution in [-0.2, 0) is 17.8 Å². The molecule has 1 aromatic carbocycles. The van der Waals surface area contributed by atoms with Crippen molar-refractivity contribution in [1.29, 1.82) is 0 Å². The predicted molar refractivity (Wildman–Crippen MR) is 103 cm³/mol. The number of nitrogens with zero attached hydrogens (tertiary/aromatic N) is 3. The lowest BCUT2D eigenvalue weighted by atomic mass is 9.73. The molecule has 28 heavy (non-hydrogen) atoms. The minimum absolute atomic E-state index is 0.258. The second-order valence-corrected chi connectivity index (χ2v) is 7.99. The largest absolute Gasteiger partial charge is 0.497 e. The fourth-order valence-corrected chi connectivity index (χ4v) is 4.26. The summed E-state index contributed by atoms with van der Waals surface area (Å²) < 4.78 is 7.47. The number of likely N-dealkylation sites (tertiary alicyclic amines) is 1. The van der Waals surface area contributed by atoms with E-state index in [4.69, 9.17) is 4.74 Å². The maximum atomic E-state index is 12.3. The monoisotopic (exact) mass is 385 g/mol. The highest BCUT2D eigenvalue weighted by Crippen LogP contribution is 2.38. The number of carboxylic acid groups (broad SMARTS) is 1. The highest BCUT2D eigenvalue weighted by atomic mass is 16.5. The summed E-state index contributed by atoms with van der Waals surface area (Å²) in [5.74, 6) is 0.698. The highest BCUT2D eigenvalue weighted by molar-refractivity contribution is 5.76. The number of aromatic nitrogens is 2. The number of hydrogen-bond donors (Lipinski definition) is 2. The zero-order valence-electron chi connectivity index (χ0n) is 16.1. The van der Waals surface area contributed by atoms with Gasteiger partial charge in [-0.15, -0.1) is 0 Å². The highest BCUT2D eigenvalue weighted by Gasteiger charge is 2.49. The second-order valence-electron chi connectivity index (χ2n) is 7.99. The Hall–Kier alpha value is -2.38. The van der Waals surface area contributed by atoms with E-state index in [1.165, 1.54) is 12.8 Å². The van der Waals surface area contributed by atoms with Crippen LogP contribution in [0.1, 0.15) is 36.7 Å². The molecule has 2 N–H and O–H groups in total. The minimum atomic E-state index is -1.25. The molecule has 4 rings (SSSR count). The van der Waals surface area contributed by atoms with Gasteiger partial charge >= 0.3 is 5.97 Å². The first-order valence-electron chi connectivity index (χ1n) is 9.80. The molecule has 1 saturated carbocycles. The van der Waals surface area contributed by atoms with Crippen molar-refractivity contribution in [3.63, 3.8) is 0 Å². The van der Waals surface area contributed by atoms with Crippen LogP contribution in [-0.4, -0.2) is 56.9 Å². The van der Waals surface area contributed by atoms with Gasteiger partial charge in [0.15, 0.2) is 0 Å². The second kappa shape index (κ2) is 7.56. The molecule has 1 aliphatic heterocycles. The van der Waals surface area contributed by atoms with Crippen LogP contribution in [0.15, 0.2) is 36.7 Å². The first-order chi connectivity index (χ1) is 13.5. The summed E-state index contributed by atoms with van der Waals surface area (Å²) in [6, 6.07) is 7.95. The number of aliphatic hydroxyl groups is 1. The molecule has 2 fully saturated rings. The Labute approximate surface area is 164 Å². The van der Waals surface area contributed by atoms with E-state index in [1.54, 1.807) is 7.11 Å². The molecule has 150 valence electrons. The molecule has 7 heteroatoms. The molecule has 0 spiro atoms. The Morgan fingerprint density at radius 1 is 1.36 bits per heavy atom. The molecule has 0 amide bonds. The molecule has 0 bridgehead atoms. The average molecular weight is 385 g/mol. The molecule has 0 radical (unpaired) electrons. The molecule has 1 aliphatic carbocycles. The maximum absolute atomic E-state index is 12.3. The summed E-state index contributed by atoms with van der Waals surface area (Å²) in [4.78, 5) is 18.9. The van der Waals surface area contributed by atoms with E-state index in [9.17, 15) is 15.0 Å². The third kappa shape index (κ3) is 3.64. The zero-order valence-corrected chi connectivity index (χ0v) is 16.1. The summed E-state index contributed by atoms with van der Waals surface area (Å²) in [6.07, 6.45) is 5.97. The van der Waals surface area contributed by atoms with Gasteiger partial charge in [-0.3, -0.25) is 9.69 Å². The quantitative estimate of drug-likeness (QED) is 0.759. The van der Waals surface area contributed by atoms with Crippen molar-refractivity contribution in [3.05, 3.63) is 48.0 Å². The van der Waals surface area contributed by atoms with Crippen molar-refractivity contribution >= 4 is 5.97 Å². The molecule has 2 heterocycles. The summed E-state index contributed by atoms with van der Waals surface area (Å²) in [5, 5.41) is 20.8. The number of carboxylic acids is 1. The van der Waals surface area contributed by atoms with E-state index >= 15 is 0 Å². The van der Waals surface area contributed by atoms with Crippen LogP contribution in [0.2, 0.25) is 0 Å². The normalized spacial score (nSPS) is 25.6. The summed E-state index contributed by atoms with van der Waals surface area (Å²) in [5.41, 5.74) is -0.399. The van der Waals surface area contributed by atoms with Crippen molar-refractivity contribution in [2.24, 2.45) is 5.41 Å². The number of rotatable bonds is 7. The SMILES string of the molecule is COc1cccc(C[C@@]2(C(=O)O)CN(Cc3nccn3C3CC3)CC[C@@H]2O)c1. The molecule has 0 unspecified atom stereocenters. The summed E-state index contributed by atoms with van der Waals surface area (Å²) >= 11 is 0. The van der Waals surface area contributed by atoms with Gasteiger partial charge in [0.25, 0.3) is 0 Å². The lowest BCUT2D eigenvalue weighted by Gasteiger charge is -2.43. The van der Waals surface area contributed by atoms with Crippen molar-refractivity contribution in [3.8, 4) is 5.75 Å². The molecule has 1 aromatic heterocycles. The zero-order chi connectivity index (χ0) is 19.7. The molecule has 1 saturated heterocycles. The summed E-state index contributed by atoms with van der Waals surface area (Å²) in [6.45, 7) is 1.55. The third-order valence-electron chi connectivity index (χ3n) is 6.00. The minimum Gasteiger partial charge on any atom is -0.497 e. The van der Waals surface area contributed by atoms with Crippen LogP contribution in [0.25, 0.3) is 0 Å². The van der Waals surface area contributed by atoms with Crippen LogP contribution in [0.4, 0.5) is 0 Å². The summed E-state index contributed by atoms with van der Waals surface area (Å²) in [7, 11) is 1.59. The van der Waals surface area contributed by atoms with Crippen molar-refractivity contribution < 1.29 is 19.7 Å². The fourth-order valence-electron chi connectivity index (χ4n) is 4.26. The van der Waals surface area contributed by atoms with Gasteiger partial charge in [0.05, 0.1) is 19.8 Å². The van der Waals surface area contributed by atoms with E-state index < -0.39 is 17.5 Å². The number of methoxy groups -OCH3 is 1. The van der Waals surface area contributed by atoms with Gasteiger partial charge in [-0.2, -0.15) is 0 Å². The van der Waals surface area contributed by atoms with Gasteiger partial charge < -0.3 is 19.5 Å². The van der Waals surface area contributed by atoms with Crippen LogP contribution in [0.3, 0.4) is 0 Å². The van der Waals surface area contributed by atoms with Crippen molar-refractivity contribution in [2.75, 3.05) is 20.2 Å². The molecular formula is C21H27N3O4. The molecule has 2 aliphatic rings. The molecule has 7 nitrogen and oxygen atoms in total. The Kier molecular flexibility index (Phi) is 5.12. The van der Waals surface area contributed by atoms with E-state index in [-0.39, 0.29) is 13.0 Å². The van der Waals surface area contributed by atoms with Crippen LogP contribution >= 0.6 is 0 Å². The average Bonchev–Trinajstić information content (AvgIpc) is 3.43. The van der Waals surface area contributed by atoms with Crippen molar-refractivity contribution in [2.45, 2.75) is 44.4 Å². The lowest BCUT2D eigenvalue weighted by molar-refractivity contribution is -0.163. The standard InChI is InChI=1S/C21H27N3O4/c1-28-17-4-2-3-15(11-17)12-21(20(26)27)14-23(9-7-18(21)25)13-19-22-8-10-24(19)16-5-6-16/h2-4,8,10-11,16,18,25H,5-7,9,12-14H2,1H3,(H,26,27)/t18-,21+/m0/s1. The number of aliphatic hydroxyl groups excluding tert-OH is 1. The molecule has 2 atom stereocenters. The van der Waals surface area contributed by atoms with Gasteiger partial charge in [0.1, 0.15) is 17.0 Å². The Balaban J connectivity index is 1.56. The Morgan fingerprint density at radius 3 is 2.89 bits per heavy atom. The number of hydrogen-bond acceptors (Lipinski definition) is 5. The van der Waals surface area contributed by atoms with E-state index in [1.807, 2.05) is 36.7 Å². The number of piperidine rings is 1. The lowest BCUT2D eigenvalue weighted by Crippen LogP contribution is -2.57. The number of carbonyl (C=O) groups is 1. The van der Waals surface area contributed by atoms with Crippen LogP contribution in [0, 0.1) is 5.41 Å². The number of benzene rings is 1. The number of aliphatic carboxylic acids is 1. The van der Waals surface area contributed by atoms with E-state index in [2.05, 4.69) is 14.5 Å². The van der Waals surface area contributed by atoms with Gasteiger partial charge in [0.2, 0.25) is 0 Å². The van der Waals surface area contributed by atoms with Crippen molar-refractivity contribution in [1.82, 2.24) is 14.5 Å². The van der Waals surface area contributed by atoms with Crippen LogP contribution in [0.5, 0.6) is 5.75 Å². The molecular weight excluding hydrogens is 358 g/mol. The van der Waals surface area contributed by atoms with Crippen LogP contribution < -0.4 is 4.74 Å². The maximum Gasteiger partial charge on any atom is 0.313 e. The van der Waals surface area contributed by atoms with Gasteiger partial charge in [-0.05, 0) is 43.4 Å². The van der Waals surface area contributed by atoms with E-state index in [0.717, 1.165) is 11.4 Å².